The summed E-state index contributed by atoms with van der Waals surface area (Å²) >= 11 is 6.24. The van der Waals surface area contributed by atoms with Gasteiger partial charge in [-0.25, -0.2) is 8.42 Å². The van der Waals surface area contributed by atoms with Gasteiger partial charge >= 0.3 is 0 Å². The predicted octanol–water partition coefficient (Wildman–Crippen LogP) is 2.02. The van der Waals surface area contributed by atoms with Crippen molar-refractivity contribution in [3.63, 3.8) is 0 Å². The van der Waals surface area contributed by atoms with Gasteiger partial charge in [-0.3, -0.25) is 4.79 Å². The molecule has 0 saturated carbocycles. The molecule has 8 nitrogen and oxygen atoms in total. The van der Waals surface area contributed by atoms with E-state index in [2.05, 4.69) is 5.32 Å². The van der Waals surface area contributed by atoms with Crippen LogP contribution in [-0.2, 0) is 21.4 Å². The maximum atomic E-state index is 13.3. The van der Waals surface area contributed by atoms with Gasteiger partial charge in [-0.2, -0.15) is 4.31 Å². The van der Waals surface area contributed by atoms with E-state index in [4.69, 9.17) is 20.8 Å². The van der Waals surface area contributed by atoms with Gasteiger partial charge in [0.15, 0.2) is 6.61 Å². The minimum absolute atomic E-state index is 0.00819. The Morgan fingerprint density at radius 2 is 2.04 bits per heavy atom. The van der Waals surface area contributed by atoms with Crippen molar-refractivity contribution in [2.45, 2.75) is 11.4 Å². The third-order valence-corrected chi connectivity index (χ3v) is 6.30. The van der Waals surface area contributed by atoms with Crippen molar-refractivity contribution in [2.24, 2.45) is 0 Å². The molecule has 146 valence electrons. The number of likely N-dealkylation sites (N-methyl/N-ethyl adjacent to an activating group) is 1. The lowest BCUT2D eigenvalue weighted by Crippen LogP contribution is -2.36. The van der Waals surface area contributed by atoms with Crippen LogP contribution < -0.4 is 10.1 Å². The summed E-state index contributed by atoms with van der Waals surface area (Å²) in [6, 6.07) is 6.15. The number of nitrogens with zero attached hydrogens (tertiary/aromatic N) is 2. The number of furan rings is 1. The summed E-state index contributed by atoms with van der Waals surface area (Å²) < 4.78 is 38.5. The number of carbonyl (C=O) groups is 1. The average Bonchev–Trinajstić information content (AvgIpc) is 3.10. The second-order valence-corrected chi connectivity index (χ2v) is 8.65. The van der Waals surface area contributed by atoms with Crippen LogP contribution in [0.25, 0.3) is 0 Å². The maximum Gasteiger partial charge on any atom is 0.262 e. The van der Waals surface area contributed by atoms with E-state index in [1.165, 1.54) is 22.7 Å². The molecule has 0 aliphatic carbocycles. The Labute approximate surface area is 162 Å². The fourth-order valence-corrected chi connectivity index (χ4v) is 4.51. The van der Waals surface area contributed by atoms with Gasteiger partial charge in [0.05, 0.1) is 23.5 Å². The highest BCUT2D eigenvalue weighted by molar-refractivity contribution is 7.89. The minimum Gasteiger partial charge on any atom is -0.482 e. The number of fused-ring (bicyclic) bond motifs is 1. The molecule has 27 heavy (non-hydrogen) atoms. The molecule has 0 saturated heterocycles. The lowest BCUT2D eigenvalue weighted by molar-refractivity contribution is -0.118. The van der Waals surface area contributed by atoms with Gasteiger partial charge in [-0.1, -0.05) is 11.6 Å². The van der Waals surface area contributed by atoms with Crippen molar-refractivity contribution in [2.75, 3.05) is 39.1 Å². The smallest absolute Gasteiger partial charge is 0.262 e. The Bertz CT molecular complexity index is 928. The molecular formula is C17H20ClN3O5S. The predicted molar refractivity (Wildman–Crippen MR) is 100 cm³/mol. The molecule has 0 atom stereocenters. The molecule has 1 aromatic heterocycles. The molecule has 0 fully saturated rings. The summed E-state index contributed by atoms with van der Waals surface area (Å²) in [7, 11) is -0.206. The molecule has 1 aliphatic heterocycles. The number of carbonyl (C=O) groups excluding carboxylic acids is 1. The molecule has 1 N–H and O–H groups in total. The zero-order chi connectivity index (χ0) is 19.6. The summed E-state index contributed by atoms with van der Waals surface area (Å²) in [5.74, 6) is 0.470. The molecule has 0 radical (unpaired) electrons. The molecule has 2 aromatic rings. The monoisotopic (exact) mass is 413 g/mol. The quantitative estimate of drug-likeness (QED) is 0.746. The minimum atomic E-state index is -3.93. The van der Waals surface area contributed by atoms with E-state index in [1.54, 1.807) is 12.1 Å². The molecule has 0 spiro atoms. The van der Waals surface area contributed by atoms with E-state index >= 15 is 0 Å². The Kier molecular flexibility index (Phi) is 5.75. The molecule has 0 unspecified atom stereocenters. The third-order valence-electron chi connectivity index (χ3n) is 3.99. The van der Waals surface area contributed by atoms with Gasteiger partial charge in [0.2, 0.25) is 10.0 Å². The molecule has 10 heteroatoms. The first-order chi connectivity index (χ1) is 12.8. The van der Waals surface area contributed by atoms with Crippen molar-refractivity contribution < 1.29 is 22.4 Å². The number of ether oxygens (including phenoxy) is 1. The SMILES string of the molecule is CN(C)CCN(Cc1ccco1)S(=O)(=O)c1cc2c(cc1Cl)NC(=O)CO2. The Morgan fingerprint density at radius 1 is 1.26 bits per heavy atom. The Morgan fingerprint density at radius 3 is 2.70 bits per heavy atom. The number of halogens is 1. The molecular weight excluding hydrogens is 394 g/mol. The second kappa shape index (κ2) is 7.89. The Balaban J connectivity index is 1.96. The fourth-order valence-electron chi connectivity index (χ4n) is 2.59. The molecule has 2 heterocycles. The second-order valence-electron chi connectivity index (χ2n) is 6.34. The van der Waals surface area contributed by atoms with E-state index in [-0.39, 0.29) is 41.3 Å². The van der Waals surface area contributed by atoms with Crippen LogP contribution in [0.15, 0.2) is 39.8 Å². The summed E-state index contributed by atoms with van der Waals surface area (Å²) in [5.41, 5.74) is 0.348. The van der Waals surface area contributed by atoms with Crippen molar-refractivity contribution >= 4 is 33.2 Å². The number of hydrogen-bond donors (Lipinski definition) is 1. The molecule has 1 aliphatic rings. The van der Waals surface area contributed by atoms with E-state index < -0.39 is 10.0 Å². The maximum absolute atomic E-state index is 13.3. The highest BCUT2D eigenvalue weighted by Crippen LogP contribution is 2.37. The van der Waals surface area contributed by atoms with Crippen LogP contribution in [0.3, 0.4) is 0 Å². The lowest BCUT2D eigenvalue weighted by Gasteiger charge is -2.25. The number of nitrogens with one attached hydrogen (secondary N) is 1. The summed E-state index contributed by atoms with van der Waals surface area (Å²) in [6.07, 6.45) is 1.49. The van der Waals surface area contributed by atoms with E-state index in [0.717, 1.165) is 0 Å². The first kappa shape index (κ1) is 19.7. The van der Waals surface area contributed by atoms with Crippen LogP contribution in [-0.4, -0.2) is 57.3 Å². The average molecular weight is 414 g/mol. The standard InChI is InChI=1S/C17H20ClN3O5S/c1-20(2)5-6-21(10-12-4-3-7-25-12)27(23,24)16-9-15-14(8-13(16)18)19-17(22)11-26-15/h3-4,7-9H,5-6,10-11H2,1-2H3,(H,19,22). The van der Waals surface area contributed by atoms with Crippen LogP contribution >= 0.6 is 11.6 Å². The van der Waals surface area contributed by atoms with Gasteiger partial charge in [0.1, 0.15) is 16.4 Å². The van der Waals surface area contributed by atoms with Crippen LogP contribution in [0.2, 0.25) is 5.02 Å². The van der Waals surface area contributed by atoms with Crippen molar-refractivity contribution in [3.05, 3.63) is 41.3 Å². The zero-order valence-electron chi connectivity index (χ0n) is 14.9. The molecule has 1 amide bonds. The number of anilines is 1. The summed E-state index contributed by atoms with van der Waals surface area (Å²) in [6.45, 7) is 0.676. The van der Waals surface area contributed by atoms with Crippen molar-refractivity contribution in [1.29, 1.82) is 0 Å². The van der Waals surface area contributed by atoms with E-state index in [1.807, 2.05) is 19.0 Å². The van der Waals surface area contributed by atoms with E-state index in [0.29, 0.717) is 18.0 Å². The number of amides is 1. The molecule has 0 bridgehead atoms. The molecule has 3 rings (SSSR count). The van der Waals surface area contributed by atoms with Crippen molar-refractivity contribution in [1.82, 2.24) is 9.21 Å². The van der Waals surface area contributed by atoms with E-state index in [9.17, 15) is 13.2 Å². The normalized spacial score (nSPS) is 14.2. The lowest BCUT2D eigenvalue weighted by atomic mass is 10.2. The first-order valence-electron chi connectivity index (χ1n) is 8.21. The van der Waals surface area contributed by atoms with Crippen LogP contribution in [0, 0.1) is 0 Å². The van der Waals surface area contributed by atoms with Gasteiger partial charge in [-0.05, 0) is 32.3 Å². The van der Waals surface area contributed by atoms with Crippen LogP contribution in [0.1, 0.15) is 5.76 Å². The molecule has 1 aromatic carbocycles. The summed E-state index contributed by atoms with van der Waals surface area (Å²) in [5, 5.41) is 2.61. The fraction of sp³-hybridized carbons (Fsp3) is 0.353. The Hall–Kier alpha value is -2.07. The first-order valence-corrected chi connectivity index (χ1v) is 10.0. The number of benzene rings is 1. The highest BCUT2D eigenvalue weighted by atomic mass is 35.5. The zero-order valence-corrected chi connectivity index (χ0v) is 16.5. The number of sulfonamides is 1. The number of rotatable bonds is 7. The van der Waals surface area contributed by atoms with Gasteiger partial charge in [-0.15, -0.1) is 0 Å². The van der Waals surface area contributed by atoms with Crippen molar-refractivity contribution in [3.8, 4) is 5.75 Å². The third kappa shape index (κ3) is 4.44. The van der Waals surface area contributed by atoms with Gasteiger partial charge in [0.25, 0.3) is 5.91 Å². The highest BCUT2D eigenvalue weighted by Gasteiger charge is 2.30. The van der Waals surface area contributed by atoms with Crippen LogP contribution in [0.4, 0.5) is 5.69 Å². The van der Waals surface area contributed by atoms with Gasteiger partial charge < -0.3 is 19.4 Å². The summed E-state index contributed by atoms with van der Waals surface area (Å²) in [4.78, 5) is 13.2. The van der Waals surface area contributed by atoms with Gasteiger partial charge in [0, 0.05) is 19.2 Å². The largest absolute Gasteiger partial charge is 0.482 e. The topological polar surface area (TPSA) is 92.1 Å². The van der Waals surface area contributed by atoms with Crippen LogP contribution in [0.5, 0.6) is 5.75 Å². The number of hydrogen-bond acceptors (Lipinski definition) is 6.